The van der Waals surface area contributed by atoms with E-state index in [0.29, 0.717) is 5.82 Å². The van der Waals surface area contributed by atoms with Crippen molar-refractivity contribution in [3.05, 3.63) is 238 Å². The summed E-state index contributed by atoms with van der Waals surface area (Å²) in [6, 6.07) is 63.9. The van der Waals surface area contributed by atoms with Gasteiger partial charge in [0.2, 0.25) is 0 Å². The molecule has 5 nitrogen and oxygen atoms in total. The number of alkyl halides is 1. The summed E-state index contributed by atoms with van der Waals surface area (Å²) in [7, 11) is 0. The first kappa shape index (κ1) is 46.1. The summed E-state index contributed by atoms with van der Waals surface area (Å²) in [6.07, 6.45) is 4.80. The lowest BCUT2D eigenvalue weighted by Gasteiger charge is -2.14. The van der Waals surface area contributed by atoms with E-state index in [-0.39, 0.29) is 12.3 Å². The Morgan fingerprint density at radius 2 is 1.03 bits per heavy atom. The van der Waals surface area contributed by atoms with E-state index in [1.165, 1.54) is 71.4 Å². The molecular weight excluding hydrogens is 885 g/mol. The fraction of sp³-hybridized carbons (Fsp3) is 0.131. The highest BCUT2D eigenvalue weighted by Gasteiger charge is 2.17. The van der Waals surface area contributed by atoms with Crippen molar-refractivity contribution in [1.29, 1.82) is 0 Å². The van der Waals surface area contributed by atoms with Crippen LogP contribution in [-0.4, -0.2) is 20.7 Å². The second-order valence-corrected chi connectivity index (χ2v) is 18.0. The molecule has 0 aliphatic carbocycles. The molecule has 8 aromatic carbocycles. The number of fused-ring (bicyclic) bond motifs is 9. The van der Waals surface area contributed by atoms with E-state index in [4.69, 9.17) is 10.7 Å². The second kappa shape index (κ2) is 20.4. The Balaban J connectivity index is 0.000000151. The molecule has 0 saturated heterocycles. The van der Waals surface area contributed by atoms with Gasteiger partial charge in [0.05, 0.1) is 27.8 Å². The number of aromatic nitrogens is 3. The van der Waals surface area contributed by atoms with Crippen LogP contribution in [0.4, 0.5) is 5.82 Å². The number of pyridine rings is 2. The van der Waals surface area contributed by atoms with Crippen molar-refractivity contribution in [3.63, 3.8) is 0 Å². The SMILES string of the molecule is C.Cc1cccc(C)c1-c1cnc2c3ccccc3c3cc(Cc4ccccc4)ccc3n12.Cc1cccc(C)c1C(Br)C=O.Nc1nc2ccc(Cc3ccccc3)cc2c2ccccc12. The number of carbonyl (C=O) groups excluding carboxylic acids is 1. The number of anilines is 1. The molecule has 6 heteroatoms. The Bertz CT molecular complexity index is 3490. The van der Waals surface area contributed by atoms with E-state index in [1.807, 2.05) is 62.5 Å². The summed E-state index contributed by atoms with van der Waals surface area (Å²) in [4.78, 5) is 19.8. The molecule has 11 aromatic rings. The van der Waals surface area contributed by atoms with Crippen molar-refractivity contribution in [2.24, 2.45) is 0 Å². The minimum atomic E-state index is -0.168. The van der Waals surface area contributed by atoms with Gasteiger partial charge >= 0.3 is 0 Å². The maximum absolute atomic E-state index is 10.6. The number of carbonyl (C=O) groups is 1. The number of nitrogens with zero attached hydrogens (tertiary/aromatic N) is 3. The fourth-order valence-corrected chi connectivity index (χ4v) is 10.1. The zero-order chi connectivity index (χ0) is 45.7. The van der Waals surface area contributed by atoms with Gasteiger partial charge in [0.25, 0.3) is 0 Å². The fourth-order valence-electron chi connectivity index (χ4n) is 9.33. The van der Waals surface area contributed by atoms with E-state index in [9.17, 15) is 4.79 Å². The molecule has 1 atom stereocenters. The van der Waals surface area contributed by atoms with Gasteiger partial charge in [0.1, 0.15) is 17.8 Å². The first-order chi connectivity index (χ1) is 32.2. The maximum Gasteiger partial charge on any atom is 0.145 e. The predicted molar refractivity (Wildman–Crippen MR) is 288 cm³/mol. The minimum Gasteiger partial charge on any atom is -0.383 e. The molecule has 3 aromatic heterocycles. The molecule has 0 fully saturated rings. The first-order valence-electron chi connectivity index (χ1n) is 22.4. The Morgan fingerprint density at radius 3 is 1.61 bits per heavy atom. The maximum atomic E-state index is 10.6. The zero-order valence-corrected chi connectivity index (χ0v) is 39.3. The van der Waals surface area contributed by atoms with Crippen molar-refractivity contribution in [2.45, 2.75) is 52.8 Å². The van der Waals surface area contributed by atoms with Crippen LogP contribution in [0.25, 0.3) is 60.3 Å². The molecule has 332 valence electrons. The molecule has 0 amide bonds. The smallest absolute Gasteiger partial charge is 0.145 e. The van der Waals surface area contributed by atoms with Crippen molar-refractivity contribution >= 4 is 77.0 Å². The molecule has 2 N–H and O–H groups in total. The van der Waals surface area contributed by atoms with E-state index in [0.717, 1.165) is 58.1 Å². The number of hydrogen-bond acceptors (Lipinski definition) is 4. The van der Waals surface area contributed by atoms with Gasteiger partial charge in [-0.2, -0.15) is 0 Å². The Morgan fingerprint density at radius 1 is 0.537 bits per heavy atom. The van der Waals surface area contributed by atoms with Crippen LogP contribution < -0.4 is 5.73 Å². The molecule has 0 aliphatic rings. The van der Waals surface area contributed by atoms with Crippen molar-refractivity contribution in [2.75, 3.05) is 5.73 Å². The largest absolute Gasteiger partial charge is 0.383 e. The normalized spacial score (nSPS) is 11.4. The van der Waals surface area contributed by atoms with E-state index in [1.54, 1.807) is 0 Å². The topological polar surface area (TPSA) is 73.3 Å². The van der Waals surface area contributed by atoms with Crippen LogP contribution in [0.1, 0.15) is 62.3 Å². The monoisotopic (exact) mass is 938 g/mol. The van der Waals surface area contributed by atoms with Gasteiger partial charge in [0, 0.05) is 27.1 Å². The number of halogens is 1. The molecule has 3 heterocycles. The summed E-state index contributed by atoms with van der Waals surface area (Å²) >= 11 is 3.32. The first-order valence-corrected chi connectivity index (χ1v) is 23.3. The van der Waals surface area contributed by atoms with Crippen LogP contribution in [0, 0.1) is 27.7 Å². The standard InChI is InChI=1S/C30H24N2.C20H16N2.C10H11BrO.CH4/c1-20-9-8-10-21(2)29(20)28-19-31-30-25-14-7-6-13-24(25)26-18-23(15-16-27(26)32(28)30)17-22-11-4-3-5-12-22;21-20-17-9-5-4-8-16(17)18-13-15(10-11-19(18)22-20)12-14-6-2-1-3-7-14;1-7-4-3-5-8(2)10(7)9(11)6-12;/h3-16,18-19H,17H2,1-2H3;1-11,13H,12H2,(H2,21,22);3-6,9H,1-2H3;1H4. The van der Waals surface area contributed by atoms with Crippen molar-refractivity contribution in [3.8, 4) is 11.3 Å². The van der Waals surface area contributed by atoms with Gasteiger partial charge < -0.3 is 10.5 Å². The molecule has 1 unspecified atom stereocenters. The van der Waals surface area contributed by atoms with Crippen molar-refractivity contribution < 1.29 is 4.79 Å². The van der Waals surface area contributed by atoms with E-state index < -0.39 is 0 Å². The average molecular weight is 940 g/mol. The van der Waals surface area contributed by atoms with Gasteiger partial charge in [0.15, 0.2) is 0 Å². The lowest BCUT2D eigenvalue weighted by Crippen LogP contribution is -1.97. The van der Waals surface area contributed by atoms with Crippen LogP contribution >= 0.6 is 15.9 Å². The quantitative estimate of drug-likeness (QED) is 0.0981. The molecule has 0 spiro atoms. The van der Waals surface area contributed by atoms with E-state index >= 15 is 0 Å². The second-order valence-electron chi connectivity index (χ2n) is 17.0. The molecule has 0 radical (unpaired) electrons. The average Bonchev–Trinajstić information content (AvgIpc) is 3.78. The number of hydrogen-bond donors (Lipinski definition) is 1. The van der Waals surface area contributed by atoms with Crippen LogP contribution in [0.3, 0.4) is 0 Å². The molecule has 67 heavy (non-hydrogen) atoms. The number of nitrogens with two attached hydrogens (primary N) is 1. The Labute approximate surface area is 402 Å². The summed E-state index contributed by atoms with van der Waals surface area (Å²) < 4.78 is 2.35. The van der Waals surface area contributed by atoms with Gasteiger partial charge in [-0.05, 0) is 126 Å². The Hall–Kier alpha value is -7.41. The molecular formula is C61H55BrN4O. The van der Waals surface area contributed by atoms with Gasteiger partial charge in [-0.3, -0.25) is 4.40 Å². The highest BCUT2D eigenvalue weighted by Crippen LogP contribution is 2.36. The lowest BCUT2D eigenvalue weighted by molar-refractivity contribution is -0.107. The number of aryl methyl sites for hydroxylation is 4. The zero-order valence-electron chi connectivity index (χ0n) is 37.7. The summed E-state index contributed by atoms with van der Waals surface area (Å²) in [5, 5.41) is 7.06. The highest BCUT2D eigenvalue weighted by atomic mass is 79.9. The number of aldehydes is 1. The van der Waals surface area contributed by atoms with Crippen LogP contribution in [0.5, 0.6) is 0 Å². The number of nitrogen functional groups attached to an aromatic ring is 1. The van der Waals surface area contributed by atoms with Gasteiger partial charge in [-0.25, -0.2) is 9.97 Å². The van der Waals surface area contributed by atoms with Crippen LogP contribution in [0.2, 0.25) is 0 Å². The Kier molecular flexibility index (Phi) is 14.0. The van der Waals surface area contributed by atoms with Crippen LogP contribution in [-0.2, 0) is 17.6 Å². The molecule has 11 rings (SSSR count). The summed E-state index contributed by atoms with van der Waals surface area (Å²) in [6.45, 7) is 8.39. The number of benzene rings is 8. The third kappa shape index (κ3) is 9.63. The van der Waals surface area contributed by atoms with Crippen molar-refractivity contribution in [1.82, 2.24) is 14.4 Å². The van der Waals surface area contributed by atoms with Gasteiger partial charge in [-0.1, -0.05) is 181 Å². The molecule has 0 bridgehead atoms. The summed E-state index contributed by atoms with van der Waals surface area (Å²) in [5.41, 5.74) is 22.9. The lowest BCUT2D eigenvalue weighted by atomic mass is 9.98. The van der Waals surface area contributed by atoms with Crippen LogP contribution in [0.15, 0.2) is 188 Å². The van der Waals surface area contributed by atoms with Gasteiger partial charge in [-0.15, -0.1) is 0 Å². The highest BCUT2D eigenvalue weighted by molar-refractivity contribution is 9.09. The third-order valence-electron chi connectivity index (χ3n) is 12.5. The number of imidazole rings is 1. The molecule has 0 aliphatic heterocycles. The van der Waals surface area contributed by atoms with E-state index in [2.05, 4.69) is 179 Å². The predicted octanol–water partition coefficient (Wildman–Crippen LogP) is 15.7. The molecule has 0 saturated carbocycles. The number of rotatable bonds is 7. The minimum absolute atomic E-state index is 0. The summed E-state index contributed by atoms with van der Waals surface area (Å²) in [5.74, 6) is 0.596. The third-order valence-corrected chi connectivity index (χ3v) is 13.2.